The smallest absolute Gasteiger partial charge is 0.226 e. The summed E-state index contributed by atoms with van der Waals surface area (Å²) in [6.45, 7) is 3.43. The molecule has 3 aromatic rings. The lowest BCUT2D eigenvalue weighted by Crippen LogP contribution is -2.29. The molecule has 0 unspecified atom stereocenters. The molecule has 3 rings (SSSR count). The first-order chi connectivity index (χ1) is 13.0. The number of nitrogens with one attached hydrogen (secondary N) is 2. The normalized spacial score (nSPS) is 11.6. The molecule has 2 aromatic heterocycles. The molecular weight excluding hydrogens is 342 g/mol. The summed E-state index contributed by atoms with van der Waals surface area (Å²) in [5.74, 6) is 0.273. The zero-order valence-corrected chi connectivity index (χ0v) is 15.2. The van der Waals surface area contributed by atoms with E-state index in [1.54, 1.807) is 35.4 Å². The Morgan fingerprint density at radius 3 is 2.52 bits per heavy atom. The molecule has 2 N–H and O–H groups in total. The highest BCUT2D eigenvalue weighted by molar-refractivity contribution is 5.91. The highest BCUT2D eigenvalue weighted by Gasteiger charge is 2.17. The summed E-state index contributed by atoms with van der Waals surface area (Å²) < 4.78 is 1.63. The van der Waals surface area contributed by atoms with Crippen LogP contribution in [-0.2, 0) is 9.59 Å². The summed E-state index contributed by atoms with van der Waals surface area (Å²) in [5.41, 5.74) is 2.59. The van der Waals surface area contributed by atoms with Crippen molar-refractivity contribution in [3.05, 3.63) is 72.2 Å². The Hall–Kier alpha value is -3.48. The average Bonchev–Trinajstić information content (AvgIpc) is 3.17. The molecular formula is C20H21N5O2. The van der Waals surface area contributed by atoms with Gasteiger partial charge in [0.15, 0.2) is 5.82 Å². The van der Waals surface area contributed by atoms with Gasteiger partial charge in [-0.05, 0) is 30.7 Å². The van der Waals surface area contributed by atoms with Crippen LogP contribution in [0.4, 0.5) is 5.69 Å². The fraction of sp³-hybridized carbons (Fsp3) is 0.200. The van der Waals surface area contributed by atoms with Crippen LogP contribution < -0.4 is 10.6 Å². The minimum absolute atomic E-state index is 0.129. The van der Waals surface area contributed by atoms with Crippen molar-refractivity contribution in [2.45, 2.75) is 26.3 Å². The highest BCUT2D eigenvalue weighted by Crippen LogP contribution is 2.19. The molecule has 0 saturated carbocycles. The molecule has 1 aromatic carbocycles. The largest absolute Gasteiger partial charge is 0.349 e. The minimum atomic E-state index is -0.389. The molecule has 27 heavy (non-hydrogen) atoms. The lowest BCUT2D eigenvalue weighted by Gasteiger charge is -2.18. The molecule has 0 fully saturated rings. The van der Waals surface area contributed by atoms with E-state index in [-0.39, 0.29) is 24.3 Å². The van der Waals surface area contributed by atoms with Crippen molar-refractivity contribution in [3.8, 4) is 5.82 Å². The van der Waals surface area contributed by atoms with Crippen LogP contribution in [0.1, 0.15) is 30.5 Å². The monoisotopic (exact) mass is 363 g/mol. The Bertz CT molecular complexity index is 903. The number of rotatable bonds is 6. The van der Waals surface area contributed by atoms with E-state index in [0.29, 0.717) is 11.5 Å². The number of hydrogen-bond acceptors (Lipinski definition) is 4. The topological polar surface area (TPSA) is 88.9 Å². The quantitative estimate of drug-likeness (QED) is 0.705. The van der Waals surface area contributed by atoms with Crippen molar-refractivity contribution in [3.63, 3.8) is 0 Å². The summed E-state index contributed by atoms with van der Waals surface area (Å²) in [7, 11) is 0. The van der Waals surface area contributed by atoms with E-state index in [9.17, 15) is 9.59 Å². The van der Waals surface area contributed by atoms with Crippen molar-refractivity contribution in [2.24, 2.45) is 0 Å². The highest BCUT2D eigenvalue weighted by atomic mass is 16.2. The lowest BCUT2D eigenvalue weighted by atomic mass is 10.0. The van der Waals surface area contributed by atoms with Gasteiger partial charge in [-0.25, -0.2) is 9.67 Å². The van der Waals surface area contributed by atoms with E-state index >= 15 is 0 Å². The Balaban J connectivity index is 1.66. The molecule has 2 heterocycles. The third kappa shape index (κ3) is 5.01. The van der Waals surface area contributed by atoms with Gasteiger partial charge < -0.3 is 10.6 Å². The predicted molar refractivity (Wildman–Crippen MR) is 102 cm³/mol. The number of anilines is 1. The molecule has 1 atom stereocenters. The van der Waals surface area contributed by atoms with E-state index in [1.807, 2.05) is 37.3 Å². The molecule has 7 heteroatoms. The van der Waals surface area contributed by atoms with Crippen LogP contribution in [0.2, 0.25) is 0 Å². The lowest BCUT2D eigenvalue weighted by molar-refractivity contribution is -0.120. The van der Waals surface area contributed by atoms with Crippen molar-refractivity contribution in [2.75, 3.05) is 5.32 Å². The maximum Gasteiger partial charge on any atom is 0.226 e. The number of amides is 2. The number of carbonyl (C=O) groups excluding carboxylic acids is 2. The first-order valence-corrected chi connectivity index (χ1v) is 8.61. The van der Waals surface area contributed by atoms with Crippen LogP contribution >= 0.6 is 0 Å². The van der Waals surface area contributed by atoms with Gasteiger partial charge >= 0.3 is 0 Å². The molecule has 138 valence electrons. The van der Waals surface area contributed by atoms with Crippen molar-refractivity contribution >= 4 is 17.5 Å². The summed E-state index contributed by atoms with van der Waals surface area (Å²) >= 11 is 0. The van der Waals surface area contributed by atoms with Gasteiger partial charge in [0.2, 0.25) is 11.8 Å². The zero-order chi connectivity index (χ0) is 19.2. The van der Waals surface area contributed by atoms with Gasteiger partial charge in [0.25, 0.3) is 0 Å². The molecule has 0 aliphatic carbocycles. The maximum absolute atomic E-state index is 12.5. The predicted octanol–water partition coefficient (Wildman–Crippen LogP) is 2.78. The molecule has 0 bridgehead atoms. The fourth-order valence-electron chi connectivity index (χ4n) is 2.69. The first-order valence-electron chi connectivity index (χ1n) is 8.61. The maximum atomic E-state index is 12.5. The van der Waals surface area contributed by atoms with Crippen molar-refractivity contribution in [1.82, 2.24) is 20.1 Å². The number of aromatic nitrogens is 3. The Morgan fingerprint density at radius 1 is 1.15 bits per heavy atom. The van der Waals surface area contributed by atoms with Gasteiger partial charge in [-0.15, -0.1) is 0 Å². The zero-order valence-electron chi connectivity index (χ0n) is 15.2. The molecule has 0 spiro atoms. The summed E-state index contributed by atoms with van der Waals surface area (Å²) in [6.07, 6.45) is 5.17. The Kier molecular flexibility index (Phi) is 5.61. The van der Waals surface area contributed by atoms with Gasteiger partial charge in [-0.1, -0.05) is 29.8 Å². The van der Waals surface area contributed by atoms with Crippen LogP contribution in [0.25, 0.3) is 5.82 Å². The SMILES string of the molecule is CC(=O)N[C@H](CC(=O)Nc1ccc(-n2cccn2)nc1)c1ccc(C)cc1. The molecule has 2 amide bonds. The van der Waals surface area contributed by atoms with E-state index in [0.717, 1.165) is 11.1 Å². The van der Waals surface area contributed by atoms with Gasteiger partial charge in [-0.3, -0.25) is 9.59 Å². The number of aryl methyl sites for hydroxylation is 1. The van der Waals surface area contributed by atoms with Crippen molar-refractivity contribution < 1.29 is 9.59 Å². The second-order valence-corrected chi connectivity index (χ2v) is 6.27. The van der Waals surface area contributed by atoms with Gasteiger partial charge in [0.1, 0.15) is 0 Å². The van der Waals surface area contributed by atoms with E-state index in [1.165, 1.54) is 6.92 Å². The molecule has 0 saturated heterocycles. The van der Waals surface area contributed by atoms with Crippen LogP contribution in [0.3, 0.4) is 0 Å². The minimum Gasteiger partial charge on any atom is -0.349 e. The standard InChI is InChI=1S/C20H21N5O2/c1-14-4-6-16(7-5-14)18(23-15(2)26)12-20(27)24-17-8-9-19(21-13-17)25-11-3-10-22-25/h3-11,13,18H,12H2,1-2H3,(H,23,26)(H,24,27)/t18-/m1/s1. The van der Waals surface area contributed by atoms with E-state index < -0.39 is 0 Å². The summed E-state index contributed by atoms with van der Waals surface area (Å²) in [5, 5.41) is 9.76. The number of carbonyl (C=O) groups is 2. The van der Waals surface area contributed by atoms with Crippen LogP contribution in [0.5, 0.6) is 0 Å². The third-order valence-corrected chi connectivity index (χ3v) is 4.02. The van der Waals surface area contributed by atoms with E-state index in [2.05, 4.69) is 20.7 Å². The number of benzene rings is 1. The van der Waals surface area contributed by atoms with Crippen molar-refractivity contribution in [1.29, 1.82) is 0 Å². The second-order valence-electron chi connectivity index (χ2n) is 6.27. The van der Waals surface area contributed by atoms with Gasteiger partial charge in [0.05, 0.1) is 24.3 Å². The van der Waals surface area contributed by atoms with Crippen LogP contribution in [0.15, 0.2) is 61.1 Å². The van der Waals surface area contributed by atoms with Gasteiger partial charge in [0, 0.05) is 19.3 Å². The Morgan fingerprint density at radius 2 is 1.93 bits per heavy atom. The number of pyridine rings is 1. The Labute approximate surface area is 157 Å². The van der Waals surface area contributed by atoms with Gasteiger partial charge in [-0.2, -0.15) is 5.10 Å². The molecule has 0 aliphatic rings. The number of hydrogen-bond donors (Lipinski definition) is 2. The molecule has 0 radical (unpaired) electrons. The second kappa shape index (κ2) is 8.27. The molecule has 7 nitrogen and oxygen atoms in total. The van der Waals surface area contributed by atoms with Crippen LogP contribution in [0, 0.1) is 6.92 Å². The first kappa shape index (κ1) is 18.3. The van der Waals surface area contributed by atoms with E-state index in [4.69, 9.17) is 0 Å². The fourth-order valence-corrected chi connectivity index (χ4v) is 2.69. The molecule has 0 aliphatic heterocycles. The summed E-state index contributed by atoms with van der Waals surface area (Å²) in [4.78, 5) is 28.3. The third-order valence-electron chi connectivity index (χ3n) is 4.02. The summed E-state index contributed by atoms with van der Waals surface area (Å²) in [6, 6.07) is 12.7. The number of nitrogens with zero attached hydrogens (tertiary/aromatic N) is 3. The van der Waals surface area contributed by atoms with Crippen LogP contribution in [-0.4, -0.2) is 26.6 Å². The average molecular weight is 363 g/mol.